The van der Waals surface area contributed by atoms with Gasteiger partial charge in [0.2, 0.25) is 0 Å². The highest BCUT2D eigenvalue weighted by atomic mass is 127. The van der Waals surface area contributed by atoms with Gasteiger partial charge in [0, 0.05) is 27.0 Å². The monoisotopic (exact) mass is 416 g/mol. The maximum Gasteiger partial charge on any atom is 0.252 e. The fourth-order valence-corrected chi connectivity index (χ4v) is 2.37. The first-order valence-corrected chi connectivity index (χ1v) is 7.16. The van der Waals surface area contributed by atoms with Gasteiger partial charge in [-0.15, -0.1) is 0 Å². The van der Waals surface area contributed by atoms with Crippen molar-refractivity contribution >= 4 is 44.4 Å². The fraction of sp³-hybridized carbons (Fsp3) is 0.0769. The zero-order valence-electron chi connectivity index (χ0n) is 9.36. The summed E-state index contributed by atoms with van der Waals surface area (Å²) >= 11 is 5.57. The second-order valence-corrected chi connectivity index (χ2v) is 5.77. The molecule has 1 aromatic carbocycles. The van der Waals surface area contributed by atoms with Crippen LogP contribution in [0, 0.1) is 3.57 Å². The van der Waals surface area contributed by atoms with Gasteiger partial charge in [-0.2, -0.15) is 0 Å². The molecule has 18 heavy (non-hydrogen) atoms. The SMILES string of the molecule is O=C(NCc1cccnc1)c1cc(I)ccc1Br. The van der Waals surface area contributed by atoms with Gasteiger partial charge in [0.1, 0.15) is 0 Å². The highest BCUT2D eigenvalue weighted by Gasteiger charge is 2.09. The van der Waals surface area contributed by atoms with Crippen LogP contribution in [-0.4, -0.2) is 10.9 Å². The van der Waals surface area contributed by atoms with Crippen molar-refractivity contribution in [3.8, 4) is 0 Å². The highest BCUT2D eigenvalue weighted by molar-refractivity contribution is 14.1. The number of carbonyl (C=O) groups excluding carboxylic acids is 1. The molecule has 0 saturated carbocycles. The molecule has 5 heteroatoms. The van der Waals surface area contributed by atoms with E-state index in [9.17, 15) is 4.79 Å². The van der Waals surface area contributed by atoms with Crippen molar-refractivity contribution in [3.63, 3.8) is 0 Å². The van der Waals surface area contributed by atoms with Crippen LogP contribution in [0.15, 0.2) is 47.2 Å². The Labute approximate surface area is 127 Å². The molecule has 0 bridgehead atoms. The molecule has 0 unspecified atom stereocenters. The first kappa shape index (κ1) is 13.5. The van der Waals surface area contributed by atoms with Gasteiger partial charge in [-0.3, -0.25) is 9.78 Å². The number of carbonyl (C=O) groups is 1. The van der Waals surface area contributed by atoms with Crippen LogP contribution in [0.2, 0.25) is 0 Å². The van der Waals surface area contributed by atoms with Crippen LogP contribution < -0.4 is 5.32 Å². The summed E-state index contributed by atoms with van der Waals surface area (Å²) in [5.41, 5.74) is 1.62. The Morgan fingerprint density at radius 3 is 2.94 bits per heavy atom. The second kappa shape index (κ2) is 6.29. The largest absolute Gasteiger partial charge is 0.348 e. The van der Waals surface area contributed by atoms with E-state index in [1.54, 1.807) is 12.4 Å². The number of benzene rings is 1. The minimum Gasteiger partial charge on any atom is -0.348 e. The molecule has 3 nitrogen and oxygen atoms in total. The zero-order valence-corrected chi connectivity index (χ0v) is 13.1. The zero-order chi connectivity index (χ0) is 13.0. The molecule has 0 saturated heterocycles. The van der Waals surface area contributed by atoms with Gasteiger partial charge in [0.05, 0.1) is 5.56 Å². The van der Waals surface area contributed by atoms with Crippen molar-refractivity contribution in [2.75, 3.05) is 0 Å². The molecule has 0 aliphatic carbocycles. The van der Waals surface area contributed by atoms with E-state index >= 15 is 0 Å². The van der Waals surface area contributed by atoms with E-state index in [4.69, 9.17) is 0 Å². The van der Waals surface area contributed by atoms with E-state index in [-0.39, 0.29) is 5.91 Å². The second-order valence-electron chi connectivity index (χ2n) is 3.67. The van der Waals surface area contributed by atoms with Crippen molar-refractivity contribution in [1.82, 2.24) is 10.3 Å². The first-order valence-electron chi connectivity index (χ1n) is 5.29. The molecule has 2 aromatic rings. The maximum atomic E-state index is 12.0. The lowest BCUT2D eigenvalue weighted by molar-refractivity contribution is 0.0950. The molecule has 2 rings (SSSR count). The van der Waals surface area contributed by atoms with E-state index in [2.05, 4.69) is 48.8 Å². The van der Waals surface area contributed by atoms with Gasteiger partial charge in [-0.25, -0.2) is 0 Å². The minimum atomic E-state index is -0.0933. The summed E-state index contributed by atoms with van der Waals surface area (Å²) in [6.45, 7) is 0.477. The molecule has 0 aliphatic rings. The van der Waals surface area contributed by atoms with Crippen LogP contribution in [0.4, 0.5) is 0 Å². The third-order valence-electron chi connectivity index (χ3n) is 2.35. The number of nitrogens with one attached hydrogen (secondary N) is 1. The fourth-order valence-electron chi connectivity index (χ4n) is 1.45. The summed E-state index contributed by atoms with van der Waals surface area (Å²) in [4.78, 5) is 16.0. The molecule has 0 aliphatic heterocycles. The van der Waals surface area contributed by atoms with E-state index < -0.39 is 0 Å². The molecule has 1 N–H and O–H groups in total. The summed E-state index contributed by atoms with van der Waals surface area (Å²) < 4.78 is 1.83. The standard InChI is InChI=1S/C13H10BrIN2O/c14-12-4-3-10(15)6-11(12)13(18)17-8-9-2-1-5-16-7-9/h1-7H,8H2,(H,17,18). The molecule has 92 valence electrons. The number of aromatic nitrogens is 1. The summed E-state index contributed by atoms with van der Waals surface area (Å²) in [7, 11) is 0. The number of pyridine rings is 1. The average Bonchev–Trinajstić information content (AvgIpc) is 2.40. The molecular weight excluding hydrogens is 407 g/mol. The Morgan fingerprint density at radius 2 is 2.22 bits per heavy atom. The topological polar surface area (TPSA) is 42.0 Å². The van der Waals surface area contributed by atoms with Crippen molar-refractivity contribution in [2.45, 2.75) is 6.54 Å². The number of halogens is 2. The summed E-state index contributed by atoms with van der Waals surface area (Å²) in [6.07, 6.45) is 3.45. The van der Waals surface area contributed by atoms with Gasteiger partial charge in [-0.1, -0.05) is 6.07 Å². The quantitative estimate of drug-likeness (QED) is 0.779. The Balaban J connectivity index is 2.06. The van der Waals surface area contributed by atoms with E-state index in [1.165, 1.54) is 0 Å². The third kappa shape index (κ3) is 3.52. The molecule has 0 fully saturated rings. The van der Waals surface area contributed by atoms with E-state index in [1.807, 2.05) is 30.3 Å². The van der Waals surface area contributed by atoms with Crippen LogP contribution in [0.3, 0.4) is 0 Å². The Bertz CT molecular complexity index is 560. The summed E-state index contributed by atoms with van der Waals surface area (Å²) in [6, 6.07) is 9.45. The van der Waals surface area contributed by atoms with E-state index in [0.717, 1.165) is 13.6 Å². The number of rotatable bonds is 3. The molecule has 1 aromatic heterocycles. The van der Waals surface area contributed by atoms with Crippen LogP contribution in [0.5, 0.6) is 0 Å². The third-order valence-corrected chi connectivity index (χ3v) is 3.71. The van der Waals surface area contributed by atoms with Crippen molar-refractivity contribution in [3.05, 3.63) is 61.9 Å². The molecule has 1 heterocycles. The molecule has 1 amide bonds. The number of hydrogen-bond acceptors (Lipinski definition) is 2. The predicted molar refractivity (Wildman–Crippen MR) is 82.3 cm³/mol. The smallest absolute Gasteiger partial charge is 0.252 e. The Morgan fingerprint density at radius 1 is 1.39 bits per heavy atom. The lowest BCUT2D eigenvalue weighted by Gasteiger charge is -2.07. The molecule has 0 atom stereocenters. The van der Waals surface area contributed by atoms with Crippen LogP contribution in [0.25, 0.3) is 0 Å². The Hall–Kier alpha value is -0.950. The normalized spacial score (nSPS) is 10.1. The molecule has 0 radical (unpaired) electrons. The van der Waals surface area contributed by atoms with Crippen LogP contribution in [0.1, 0.15) is 15.9 Å². The van der Waals surface area contributed by atoms with Gasteiger partial charge in [0.15, 0.2) is 0 Å². The van der Waals surface area contributed by atoms with Crippen LogP contribution in [-0.2, 0) is 6.54 Å². The molecular formula is C13H10BrIN2O. The van der Waals surface area contributed by atoms with Crippen LogP contribution >= 0.6 is 38.5 Å². The lowest BCUT2D eigenvalue weighted by atomic mass is 10.2. The number of amides is 1. The van der Waals surface area contributed by atoms with Crippen molar-refractivity contribution in [2.24, 2.45) is 0 Å². The van der Waals surface area contributed by atoms with Gasteiger partial charge >= 0.3 is 0 Å². The summed E-state index contributed by atoms with van der Waals surface area (Å²) in [5.74, 6) is -0.0933. The van der Waals surface area contributed by atoms with Crippen molar-refractivity contribution < 1.29 is 4.79 Å². The molecule has 0 spiro atoms. The first-order chi connectivity index (χ1) is 8.66. The van der Waals surface area contributed by atoms with Gasteiger partial charge < -0.3 is 5.32 Å². The average molecular weight is 417 g/mol. The van der Waals surface area contributed by atoms with Gasteiger partial charge in [-0.05, 0) is 68.3 Å². The van der Waals surface area contributed by atoms with E-state index in [0.29, 0.717) is 12.1 Å². The predicted octanol–water partition coefficient (Wildman–Crippen LogP) is 3.38. The van der Waals surface area contributed by atoms with Crippen molar-refractivity contribution in [1.29, 1.82) is 0 Å². The van der Waals surface area contributed by atoms with Gasteiger partial charge in [0.25, 0.3) is 5.91 Å². The minimum absolute atomic E-state index is 0.0933. The highest BCUT2D eigenvalue weighted by Crippen LogP contribution is 2.19. The lowest BCUT2D eigenvalue weighted by Crippen LogP contribution is -2.23. The number of hydrogen-bond donors (Lipinski definition) is 1. The summed E-state index contributed by atoms with van der Waals surface area (Å²) in [5, 5.41) is 2.87. The Kier molecular flexibility index (Phi) is 4.71. The maximum absolute atomic E-state index is 12.0. The number of nitrogens with zero attached hydrogens (tertiary/aromatic N) is 1.